The second kappa shape index (κ2) is 12.5. The first-order chi connectivity index (χ1) is 17.1. The van der Waals surface area contributed by atoms with Crippen molar-refractivity contribution in [3.63, 3.8) is 0 Å². The zero-order valence-corrected chi connectivity index (χ0v) is 20.5. The van der Waals surface area contributed by atoms with Gasteiger partial charge in [0.1, 0.15) is 6.04 Å². The van der Waals surface area contributed by atoms with Gasteiger partial charge in [-0.05, 0) is 48.1 Å². The van der Waals surface area contributed by atoms with Crippen LogP contribution >= 0.6 is 11.6 Å². The van der Waals surface area contributed by atoms with E-state index in [0.717, 1.165) is 36.1 Å². The first-order valence-electron chi connectivity index (χ1n) is 12.1. The van der Waals surface area contributed by atoms with Gasteiger partial charge in [-0.15, -0.1) is 0 Å². The third kappa shape index (κ3) is 7.17. The molecule has 1 fully saturated rings. The van der Waals surface area contributed by atoms with Gasteiger partial charge in [0.05, 0.1) is 6.10 Å². The average Bonchev–Trinajstić information content (AvgIpc) is 3.42. The van der Waals surface area contributed by atoms with E-state index >= 15 is 0 Å². The quantitative estimate of drug-likeness (QED) is 0.417. The molecule has 0 spiro atoms. The summed E-state index contributed by atoms with van der Waals surface area (Å²) in [5.74, 6) is -0.279. The molecule has 35 heavy (non-hydrogen) atoms. The predicted molar refractivity (Wildman–Crippen MR) is 138 cm³/mol. The minimum absolute atomic E-state index is 0.0221. The molecule has 0 saturated carbocycles. The van der Waals surface area contributed by atoms with Gasteiger partial charge in [-0.2, -0.15) is 0 Å². The summed E-state index contributed by atoms with van der Waals surface area (Å²) < 4.78 is 5.68. The second-order valence-corrected chi connectivity index (χ2v) is 9.26. The van der Waals surface area contributed by atoms with Crippen LogP contribution in [0.15, 0.2) is 84.9 Å². The Morgan fingerprint density at radius 2 is 1.63 bits per heavy atom. The number of hydrogen-bond acceptors (Lipinski definition) is 3. The van der Waals surface area contributed by atoms with Crippen LogP contribution in [-0.4, -0.2) is 36.0 Å². The number of carbonyl (C=O) groups excluding carboxylic acids is 2. The van der Waals surface area contributed by atoms with Crippen molar-refractivity contribution in [2.45, 2.75) is 44.4 Å². The molecule has 0 radical (unpaired) electrons. The summed E-state index contributed by atoms with van der Waals surface area (Å²) in [6, 6.07) is 26.1. The van der Waals surface area contributed by atoms with Gasteiger partial charge in [-0.25, -0.2) is 0 Å². The number of carbonyl (C=O) groups is 2. The third-order valence-electron chi connectivity index (χ3n) is 6.26. The van der Waals surface area contributed by atoms with Crippen molar-refractivity contribution in [1.29, 1.82) is 0 Å². The summed E-state index contributed by atoms with van der Waals surface area (Å²) in [4.78, 5) is 28.9. The average molecular weight is 491 g/mol. The van der Waals surface area contributed by atoms with Crippen LogP contribution in [0.2, 0.25) is 5.02 Å². The Morgan fingerprint density at radius 1 is 0.943 bits per heavy atom. The lowest BCUT2D eigenvalue weighted by Gasteiger charge is -2.32. The molecular formula is C29H31ClN2O3. The van der Waals surface area contributed by atoms with Crippen LogP contribution in [0.3, 0.4) is 0 Å². The Balaban J connectivity index is 1.60. The molecule has 0 aliphatic carbocycles. The van der Waals surface area contributed by atoms with Gasteiger partial charge in [0.2, 0.25) is 11.8 Å². The molecule has 0 unspecified atom stereocenters. The van der Waals surface area contributed by atoms with Gasteiger partial charge in [-0.1, -0.05) is 84.4 Å². The van der Waals surface area contributed by atoms with Gasteiger partial charge in [0, 0.05) is 31.1 Å². The molecule has 0 aromatic heterocycles. The van der Waals surface area contributed by atoms with E-state index in [-0.39, 0.29) is 17.9 Å². The number of ether oxygens (including phenoxy) is 1. The zero-order valence-electron chi connectivity index (χ0n) is 19.7. The second-order valence-electron chi connectivity index (χ2n) is 8.83. The first kappa shape index (κ1) is 25.0. The first-order valence-corrected chi connectivity index (χ1v) is 12.5. The molecule has 1 aliphatic rings. The van der Waals surface area contributed by atoms with E-state index in [9.17, 15) is 9.59 Å². The lowest BCUT2D eigenvalue weighted by atomic mass is 10.0. The van der Waals surface area contributed by atoms with Crippen molar-refractivity contribution in [3.8, 4) is 0 Å². The maximum absolute atomic E-state index is 13.7. The SMILES string of the molecule is O=C(NC[C@@H]1CCCO1)[C@H](c1ccccc1)N(Cc1ccc(Cl)cc1)C(=O)CCc1ccccc1. The normalized spacial score (nSPS) is 16.0. The molecule has 2 amide bonds. The van der Waals surface area contributed by atoms with Gasteiger partial charge in [0.25, 0.3) is 0 Å². The van der Waals surface area contributed by atoms with Crippen molar-refractivity contribution < 1.29 is 14.3 Å². The van der Waals surface area contributed by atoms with Crippen LogP contribution in [-0.2, 0) is 27.3 Å². The van der Waals surface area contributed by atoms with Crippen molar-refractivity contribution in [1.82, 2.24) is 10.2 Å². The van der Waals surface area contributed by atoms with E-state index in [4.69, 9.17) is 16.3 Å². The number of halogens is 1. The van der Waals surface area contributed by atoms with E-state index in [0.29, 0.717) is 31.0 Å². The van der Waals surface area contributed by atoms with Crippen LogP contribution in [0.4, 0.5) is 0 Å². The van der Waals surface area contributed by atoms with Gasteiger partial charge in [0.15, 0.2) is 0 Å². The van der Waals surface area contributed by atoms with Gasteiger partial charge < -0.3 is 15.0 Å². The summed E-state index contributed by atoms with van der Waals surface area (Å²) >= 11 is 6.08. The predicted octanol–water partition coefficient (Wildman–Crippen LogP) is 5.34. The standard InChI is InChI=1S/C29H31ClN2O3/c30-25-16-13-23(14-17-25)21-32(27(33)18-15-22-8-3-1-4-9-22)28(24-10-5-2-6-11-24)29(34)31-20-26-12-7-19-35-26/h1-6,8-11,13-14,16-17,26,28H,7,12,15,18-21H2,(H,31,34)/t26-,28-/m0/s1. The van der Waals surface area contributed by atoms with Crippen LogP contribution in [0.5, 0.6) is 0 Å². The lowest BCUT2D eigenvalue weighted by molar-refractivity contribution is -0.141. The highest BCUT2D eigenvalue weighted by Gasteiger charge is 2.32. The van der Waals surface area contributed by atoms with Crippen LogP contribution in [0, 0.1) is 0 Å². The van der Waals surface area contributed by atoms with E-state index in [2.05, 4.69) is 5.32 Å². The minimum Gasteiger partial charge on any atom is -0.376 e. The molecule has 3 aromatic rings. The zero-order chi connectivity index (χ0) is 24.5. The smallest absolute Gasteiger partial charge is 0.247 e. The molecule has 0 bridgehead atoms. The number of nitrogens with one attached hydrogen (secondary N) is 1. The highest BCUT2D eigenvalue weighted by Crippen LogP contribution is 2.26. The number of rotatable bonds is 10. The maximum Gasteiger partial charge on any atom is 0.247 e. The number of aryl methyl sites for hydroxylation is 1. The Labute approximate surface area is 212 Å². The topological polar surface area (TPSA) is 58.6 Å². The number of amides is 2. The number of hydrogen-bond donors (Lipinski definition) is 1. The van der Waals surface area contributed by atoms with E-state index < -0.39 is 6.04 Å². The summed E-state index contributed by atoms with van der Waals surface area (Å²) in [6.45, 7) is 1.47. The maximum atomic E-state index is 13.7. The Kier molecular flexibility index (Phi) is 8.93. The fourth-order valence-corrected chi connectivity index (χ4v) is 4.50. The highest BCUT2D eigenvalue weighted by atomic mass is 35.5. The molecule has 4 rings (SSSR count). The minimum atomic E-state index is -0.753. The number of benzene rings is 3. The molecule has 182 valence electrons. The van der Waals surface area contributed by atoms with Crippen LogP contribution < -0.4 is 5.32 Å². The van der Waals surface area contributed by atoms with Crippen molar-refractivity contribution in [3.05, 3.63) is 107 Å². The molecule has 1 heterocycles. The molecule has 3 aromatic carbocycles. The third-order valence-corrected chi connectivity index (χ3v) is 6.51. The highest BCUT2D eigenvalue weighted by molar-refractivity contribution is 6.30. The molecule has 6 heteroatoms. The molecule has 1 saturated heterocycles. The fourth-order valence-electron chi connectivity index (χ4n) is 4.37. The van der Waals surface area contributed by atoms with E-state index in [1.54, 1.807) is 17.0 Å². The van der Waals surface area contributed by atoms with Crippen molar-refractivity contribution in [2.24, 2.45) is 0 Å². The van der Waals surface area contributed by atoms with Crippen molar-refractivity contribution >= 4 is 23.4 Å². The van der Waals surface area contributed by atoms with E-state index in [1.165, 1.54) is 0 Å². The Bertz CT molecular complexity index is 1080. The number of nitrogens with zero attached hydrogens (tertiary/aromatic N) is 1. The van der Waals surface area contributed by atoms with Gasteiger partial charge in [-0.3, -0.25) is 9.59 Å². The summed E-state index contributed by atoms with van der Waals surface area (Å²) in [5.41, 5.74) is 2.78. The monoisotopic (exact) mass is 490 g/mol. The molecular weight excluding hydrogens is 460 g/mol. The Hall–Kier alpha value is -3.15. The Morgan fingerprint density at radius 3 is 2.29 bits per heavy atom. The fraction of sp³-hybridized carbons (Fsp3) is 0.310. The molecule has 1 N–H and O–H groups in total. The largest absolute Gasteiger partial charge is 0.376 e. The van der Waals surface area contributed by atoms with Crippen LogP contribution in [0.1, 0.15) is 42.0 Å². The van der Waals surface area contributed by atoms with Crippen molar-refractivity contribution in [2.75, 3.05) is 13.2 Å². The molecule has 2 atom stereocenters. The molecule has 1 aliphatic heterocycles. The van der Waals surface area contributed by atoms with Crippen LogP contribution in [0.25, 0.3) is 0 Å². The summed E-state index contributed by atoms with van der Waals surface area (Å²) in [5, 5.41) is 3.68. The summed E-state index contributed by atoms with van der Waals surface area (Å²) in [7, 11) is 0. The molecule has 5 nitrogen and oxygen atoms in total. The lowest BCUT2D eigenvalue weighted by Crippen LogP contribution is -2.45. The van der Waals surface area contributed by atoms with E-state index in [1.807, 2.05) is 72.8 Å². The summed E-state index contributed by atoms with van der Waals surface area (Å²) in [6.07, 6.45) is 2.87. The van der Waals surface area contributed by atoms with Gasteiger partial charge >= 0.3 is 0 Å².